The normalized spacial score (nSPS) is 28.8. The Bertz CT molecular complexity index is 637. The maximum atomic E-state index is 13.2. The summed E-state index contributed by atoms with van der Waals surface area (Å²) in [6.45, 7) is 0.408. The largest absolute Gasteiger partial charge is 0.381 e. The van der Waals surface area contributed by atoms with Crippen molar-refractivity contribution >= 4 is 11.8 Å². The van der Waals surface area contributed by atoms with Gasteiger partial charge in [-0.3, -0.25) is 9.59 Å². The fourth-order valence-corrected chi connectivity index (χ4v) is 3.98. The molecular formula is C19H25FN2O3. The second kappa shape index (κ2) is 7.95. The van der Waals surface area contributed by atoms with Gasteiger partial charge >= 0.3 is 0 Å². The van der Waals surface area contributed by atoms with E-state index in [0.717, 1.165) is 25.7 Å². The Kier molecular flexibility index (Phi) is 5.68. The Morgan fingerprint density at radius 3 is 2.96 bits per heavy atom. The van der Waals surface area contributed by atoms with Crippen molar-refractivity contribution in [3.05, 3.63) is 35.6 Å². The molecule has 1 aromatic rings. The quantitative estimate of drug-likeness (QED) is 0.858. The monoisotopic (exact) mass is 348 g/mol. The molecule has 2 aliphatic rings. The number of carbonyl (C=O) groups excluding carboxylic acids is 2. The number of benzene rings is 1. The lowest BCUT2D eigenvalue weighted by Gasteiger charge is -2.41. The Morgan fingerprint density at radius 1 is 1.36 bits per heavy atom. The van der Waals surface area contributed by atoms with E-state index >= 15 is 0 Å². The predicted molar refractivity (Wildman–Crippen MR) is 91.5 cm³/mol. The highest BCUT2D eigenvalue weighted by Gasteiger charge is 2.39. The minimum atomic E-state index is -0.433. The van der Waals surface area contributed by atoms with Gasteiger partial charge in [-0.25, -0.2) is 4.39 Å². The van der Waals surface area contributed by atoms with Gasteiger partial charge in [0.05, 0.1) is 6.10 Å². The molecule has 1 saturated carbocycles. The summed E-state index contributed by atoms with van der Waals surface area (Å²) in [5, 5.41) is 5.91. The van der Waals surface area contributed by atoms with E-state index < -0.39 is 5.82 Å². The summed E-state index contributed by atoms with van der Waals surface area (Å²) in [4.78, 5) is 24.3. The molecule has 0 bridgehead atoms. The molecule has 3 rings (SSSR count). The minimum Gasteiger partial charge on any atom is -0.381 e. The van der Waals surface area contributed by atoms with Crippen molar-refractivity contribution in [2.24, 2.45) is 11.8 Å². The third-order valence-electron chi connectivity index (χ3n) is 5.43. The maximum absolute atomic E-state index is 13.2. The first-order valence-corrected chi connectivity index (χ1v) is 8.93. The molecule has 4 atom stereocenters. The van der Waals surface area contributed by atoms with Crippen LogP contribution in [-0.4, -0.2) is 37.6 Å². The van der Waals surface area contributed by atoms with Crippen molar-refractivity contribution < 1.29 is 18.7 Å². The molecule has 5 nitrogen and oxygen atoms in total. The number of fused-ring (bicyclic) bond motifs is 1. The lowest BCUT2D eigenvalue weighted by molar-refractivity contribution is -0.131. The van der Waals surface area contributed by atoms with Crippen LogP contribution in [0.4, 0.5) is 4.39 Å². The van der Waals surface area contributed by atoms with Gasteiger partial charge in [0, 0.05) is 31.2 Å². The predicted octanol–water partition coefficient (Wildman–Crippen LogP) is 2.27. The van der Waals surface area contributed by atoms with Crippen LogP contribution in [0.3, 0.4) is 0 Å². The molecule has 2 amide bonds. The molecule has 1 aliphatic carbocycles. The van der Waals surface area contributed by atoms with Crippen molar-refractivity contribution in [1.82, 2.24) is 10.6 Å². The number of halogens is 1. The number of amides is 2. The van der Waals surface area contributed by atoms with Crippen molar-refractivity contribution in [2.45, 2.75) is 44.2 Å². The number of ether oxygens (including phenoxy) is 1. The molecule has 1 heterocycles. The standard InChI is InChI=1S/C19H25FN2O3/c1-25-16-6-5-12-9-14(19(24)22-17(12)11-16)7-8-21-18(23)13-3-2-4-15(20)10-13/h2-4,10,12,14,16-17H,5-9,11H2,1H3,(H,21,23)(H,22,24). The van der Waals surface area contributed by atoms with Crippen LogP contribution >= 0.6 is 0 Å². The average Bonchev–Trinajstić information content (AvgIpc) is 2.61. The molecule has 1 aliphatic heterocycles. The van der Waals surface area contributed by atoms with Gasteiger partial charge in [0.25, 0.3) is 5.91 Å². The van der Waals surface area contributed by atoms with Crippen molar-refractivity contribution in [2.75, 3.05) is 13.7 Å². The van der Waals surface area contributed by atoms with Gasteiger partial charge in [-0.05, 0) is 56.2 Å². The fraction of sp³-hybridized carbons (Fsp3) is 0.579. The Labute approximate surface area is 147 Å². The van der Waals surface area contributed by atoms with Crippen molar-refractivity contribution in [3.63, 3.8) is 0 Å². The molecule has 2 fully saturated rings. The average molecular weight is 348 g/mol. The lowest BCUT2D eigenvalue weighted by atomic mass is 9.74. The van der Waals surface area contributed by atoms with Crippen LogP contribution in [0.5, 0.6) is 0 Å². The molecule has 2 N–H and O–H groups in total. The third kappa shape index (κ3) is 4.37. The molecule has 0 radical (unpaired) electrons. The van der Waals surface area contributed by atoms with Crippen LogP contribution in [0.1, 0.15) is 42.5 Å². The first kappa shape index (κ1) is 17.9. The number of hydrogen-bond acceptors (Lipinski definition) is 3. The van der Waals surface area contributed by atoms with Crippen LogP contribution in [0.15, 0.2) is 24.3 Å². The SMILES string of the molecule is COC1CCC2CC(CCNC(=O)c3cccc(F)c3)C(=O)NC2C1. The van der Waals surface area contributed by atoms with Crippen LogP contribution in [0, 0.1) is 17.7 Å². The Morgan fingerprint density at radius 2 is 2.20 bits per heavy atom. The smallest absolute Gasteiger partial charge is 0.251 e. The fourth-order valence-electron chi connectivity index (χ4n) is 3.98. The van der Waals surface area contributed by atoms with Gasteiger partial charge in [0.15, 0.2) is 0 Å². The number of carbonyl (C=O) groups is 2. The zero-order valence-corrected chi connectivity index (χ0v) is 14.5. The molecule has 136 valence electrons. The first-order chi connectivity index (χ1) is 12.1. The van der Waals surface area contributed by atoms with Crippen molar-refractivity contribution in [3.8, 4) is 0 Å². The summed E-state index contributed by atoms with van der Waals surface area (Å²) in [6, 6.07) is 5.81. The van der Waals surface area contributed by atoms with Gasteiger partial charge in [-0.15, -0.1) is 0 Å². The number of nitrogens with one attached hydrogen (secondary N) is 2. The van der Waals surface area contributed by atoms with Gasteiger partial charge in [0.2, 0.25) is 5.91 Å². The molecular weight excluding hydrogens is 323 g/mol. The third-order valence-corrected chi connectivity index (χ3v) is 5.43. The van der Waals surface area contributed by atoms with Gasteiger partial charge < -0.3 is 15.4 Å². The number of hydrogen-bond donors (Lipinski definition) is 2. The number of methoxy groups -OCH3 is 1. The first-order valence-electron chi connectivity index (χ1n) is 8.93. The highest BCUT2D eigenvalue weighted by Crippen LogP contribution is 2.35. The highest BCUT2D eigenvalue weighted by atomic mass is 19.1. The van der Waals surface area contributed by atoms with E-state index in [4.69, 9.17) is 4.74 Å². The summed E-state index contributed by atoms with van der Waals surface area (Å²) in [5.74, 6) is -0.259. The maximum Gasteiger partial charge on any atom is 0.251 e. The topological polar surface area (TPSA) is 67.4 Å². The van der Waals surface area contributed by atoms with Gasteiger partial charge in [-0.1, -0.05) is 6.07 Å². The Hall–Kier alpha value is -1.95. The zero-order chi connectivity index (χ0) is 17.8. The molecule has 1 aromatic carbocycles. The second-order valence-electron chi connectivity index (χ2n) is 7.03. The van der Waals surface area contributed by atoms with E-state index in [9.17, 15) is 14.0 Å². The highest BCUT2D eigenvalue weighted by molar-refractivity contribution is 5.94. The van der Waals surface area contributed by atoms with Crippen LogP contribution in [-0.2, 0) is 9.53 Å². The lowest BCUT2D eigenvalue weighted by Crippen LogP contribution is -2.53. The van der Waals surface area contributed by atoms with E-state index in [1.807, 2.05) is 0 Å². The number of rotatable bonds is 5. The minimum absolute atomic E-state index is 0.0676. The van der Waals surface area contributed by atoms with Crippen molar-refractivity contribution in [1.29, 1.82) is 0 Å². The molecule has 0 spiro atoms. The van der Waals surface area contributed by atoms with E-state index in [0.29, 0.717) is 24.4 Å². The van der Waals surface area contributed by atoms with E-state index in [-0.39, 0.29) is 29.9 Å². The Balaban J connectivity index is 1.47. The van der Waals surface area contributed by atoms with E-state index in [1.54, 1.807) is 13.2 Å². The summed E-state index contributed by atoms with van der Waals surface area (Å²) in [5.41, 5.74) is 0.297. The molecule has 4 unspecified atom stereocenters. The zero-order valence-electron chi connectivity index (χ0n) is 14.5. The second-order valence-corrected chi connectivity index (χ2v) is 7.03. The van der Waals surface area contributed by atoms with E-state index in [2.05, 4.69) is 10.6 Å². The van der Waals surface area contributed by atoms with E-state index in [1.165, 1.54) is 18.2 Å². The summed E-state index contributed by atoms with van der Waals surface area (Å²) in [6.07, 6.45) is 4.69. The van der Waals surface area contributed by atoms with Gasteiger partial charge in [-0.2, -0.15) is 0 Å². The summed E-state index contributed by atoms with van der Waals surface area (Å²) >= 11 is 0. The molecule has 6 heteroatoms. The summed E-state index contributed by atoms with van der Waals surface area (Å²) in [7, 11) is 1.72. The van der Waals surface area contributed by atoms with Crippen LogP contribution < -0.4 is 10.6 Å². The number of piperidine rings is 1. The molecule has 0 aromatic heterocycles. The van der Waals surface area contributed by atoms with Crippen LogP contribution in [0.25, 0.3) is 0 Å². The van der Waals surface area contributed by atoms with Crippen LogP contribution in [0.2, 0.25) is 0 Å². The molecule has 1 saturated heterocycles. The summed E-state index contributed by atoms with van der Waals surface area (Å²) < 4.78 is 18.6. The molecule has 25 heavy (non-hydrogen) atoms. The van der Waals surface area contributed by atoms with Gasteiger partial charge in [0.1, 0.15) is 5.82 Å².